The standard InChI is InChI=1S/C19H27N3O3/c1-15-3-2-4-16(20-15)11-22-14-19(25-13-18(22)23)6-8-21(9-7-19)17-5-10-24-12-17/h2-4,17H,5-14H2,1H3/t17-/m1/s1. The number of hydrogen-bond acceptors (Lipinski definition) is 5. The molecular formula is C19H27N3O3. The molecule has 1 amide bonds. The number of aromatic nitrogens is 1. The van der Waals surface area contributed by atoms with Crippen molar-refractivity contribution < 1.29 is 14.3 Å². The number of rotatable bonds is 3. The third-order valence-corrected chi connectivity index (χ3v) is 5.76. The van der Waals surface area contributed by atoms with E-state index in [1.54, 1.807) is 0 Å². The van der Waals surface area contributed by atoms with Crippen LogP contribution in [0.2, 0.25) is 0 Å². The molecule has 1 atom stereocenters. The molecule has 1 aromatic rings. The fourth-order valence-corrected chi connectivity index (χ4v) is 4.22. The number of ether oxygens (including phenoxy) is 2. The van der Waals surface area contributed by atoms with Crippen molar-refractivity contribution in [3.05, 3.63) is 29.6 Å². The van der Waals surface area contributed by atoms with Crippen LogP contribution in [-0.4, -0.2) is 71.8 Å². The van der Waals surface area contributed by atoms with E-state index in [0.717, 1.165) is 57.0 Å². The van der Waals surface area contributed by atoms with Crippen molar-refractivity contribution in [2.24, 2.45) is 0 Å². The predicted molar refractivity (Wildman–Crippen MR) is 93.1 cm³/mol. The number of amides is 1. The number of nitrogens with zero attached hydrogens (tertiary/aromatic N) is 3. The zero-order valence-electron chi connectivity index (χ0n) is 14.9. The van der Waals surface area contributed by atoms with Gasteiger partial charge in [0.15, 0.2) is 0 Å². The number of aryl methyl sites for hydroxylation is 1. The zero-order chi connectivity index (χ0) is 17.3. The first-order valence-corrected chi connectivity index (χ1v) is 9.30. The molecule has 6 nitrogen and oxygen atoms in total. The lowest BCUT2D eigenvalue weighted by Crippen LogP contribution is -2.59. The van der Waals surface area contributed by atoms with Crippen molar-refractivity contribution in [2.75, 3.05) is 39.5 Å². The molecule has 0 aromatic carbocycles. The van der Waals surface area contributed by atoms with E-state index in [4.69, 9.17) is 9.47 Å². The minimum atomic E-state index is -0.187. The summed E-state index contributed by atoms with van der Waals surface area (Å²) in [5.41, 5.74) is 1.75. The van der Waals surface area contributed by atoms with Crippen LogP contribution in [0.15, 0.2) is 18.2 Å². The van der Waals surface area contributed by atoms with E-state index in [9.17, 15) is 4.79 Å². The summed E-state index contributed by atoms with van der Waals surface area (Å²) in [5, 5.41) is 0. The molecule has 25 heavy (non-hydrogen) atoms. The van der Waals surface area contributed by atoms with Gasteiger partial charge in [-0.15, -0.1) is 0 Å². The van der Waals surface area contributed by atoms with Gasteiger partial charge in [-0.25, -0.2) is 0 Å². The maximum absolute atomic E-state index is 12.3. The van der Waals surface area contributed by atoms with Gasteiger partial charge in [-0.2, -0.15) is 0 Å². The third-order valence-electron chi connectivity index (χ3n) is 5.76. The minimum absolute atomic E-state index is 0.0700. The highest BCUT2D eigenvalue weighted by atomic mass is 16.5. The van der Waals surface area contributed by atoms with Gasteiger partial charge in [-0.3, -0.25) is 14.7 Å². The van der Waals surface area contributed by atoms with Crippen LogP contribution < -0.4 is 0 Å². The van der Waals surface area contributed by atoms with Crippen LogP contribution in [-0.2, 0) is 20.8 Å². The summed E-state index contributed by atoms with van der Waals surface area (Å²) < 4.78 is 11.6. The molecule has 136 valence electrons. The highest BCUT2D eigenvalue weighted by Crippen LogP contribution is 2.32. The quantitative estimate of drug-likeness (QED) is 0.828. The predicted octanol–water partition coefficient (Wildman–Crippen LogP) is 1.37. The summed E-state index contributed by atoms with van der Waals surface area (Å²) in [4.78, 5) is 21.3. The average molecular weight is 345 g/mol. The molecule has 6 heteroatoms. The summed E-state index contributed by atoms with van der Waals surface area (Å²) in [5.74, 6) is 0.0700. The van der Waals surface area contributed by atoms with Gasteiger partial charge < -0.3 is 14.4 Å². The number of pyridine rings is 1. The second kappa shape index (κ2) is 7.02. The zero-order valence-corrected chi connectivity index (χ0v) is 14.9. The number of carbonyl (C=O) groups excluding carboxylic acids is 1. The summed E-state index contributed by atoms with van der Waals surface area (Å²) in [6, 6.07) is 6.54. The lowest BCUT2D eigenvalue weighted by molar-refractivity contribution is -0.173. The van der Waals surface area contributed by atoms with Gasteiger partial charge in [0, 0.05) is 31.4 Å². The van der Waals surface area contributed by atoms with Crippen LogP contribution in [0, 0.1) is 6.92 Å². The van der Waals surface area contributed by atoms with Gasteiger partial charge in [0.2, 0.25) is 5.91 Å². The van der Waals surface area contributed by atoms with Gasteiger partial charge in [0.1, 0.15) is 6.61 Å². The Morgan fingerprint density at radius 3 is 2.88 bits per heavy atom. The van der Waals surface area contributed by atoms with Crippen LogP contribution in [0.25, 0.3) is 0 Å². The number of piperidine rings is 1. The second-order valence-electron chi connectivity index (χ2n) is 7.55. The van der Waals surface area contributed by atoms with Crippen LogP contribution in [0.1, 0.15) is 30.7 Å². The first kappa shape index (κ1) is 16.9. The Labute approximate surface area is 149 Å². The van der Waals surface area contributed by atoms with Crippen LogP contribution in [0.5, 0.6) is 0 Å². The molecule has 3 aliphatic heterocycles. The number of likely N-dealkylation sites (tertiary alicyclic amines) is 1. The lowest BCUT2D eigenvalue weighted by Gasteiger charge is -2.47. The van der Waals surface area contributed by atoms with Crippen molar-refractivity contribution in [1.82, 2.24) is 14.8 Å². The Balaban J connectivity index is 1.39. The Morgan fingerprint density at radius 1 is 1.32 bits per heavy atom. The Hall–Kier alpha value is -1.50. The third kappa shape index (κ3) is 3.71. The van der Waals surface area contributed by atoms with E-state index >= 15 is 0 Å². The van der Waals surface area contributed by atoms with Crippen LogP contribution in [0.3, 0.4) is 0 Å². The molecule has 3 saturated heterocycles. The van der Waals surface area contributed by atoms with Crippen molar-refractivity contribution in [3.8, 4) is 0 Å². The van der Waals surface area contributed by atoms with E-state index in [-0.39, 0.29) is 18.1 Å². The smallest absolute Gasteiger partial charge is 0.249 e. The molecule has 0 N–H and O–H groups in total. The molecule has 0 radical (unpaired) electrons. The highest BCUT2D eigenvalue weighted by molar-refractivity contribution is 5.78. The summed E-state index contributed by atoms with van der Waals surface area (Å²) in [6.45, 7) is 7.22. The molecule has 0 saturated carbocycles. The number of carbonyl (C=O) groups is 1. The van der Waals surface area contributed by atoms with Crippen LogP contribution in [0.4, 0.5) is 0 Å². The SMILES string of the molecule is Cc1cccc(CN2CC3(CCN([C@@H]4CCOC4)CC3)OCC2=O)n1. The van der Waals surface area contributed by atoms with Crippen LogP contribution >= 0.6 is 0 Å². The second-order valence-corrected chi connectivity index (χ2v) is 7.55. The first-order chi connectivity index (χ1) is 12.1. The Bertz CT molecular complexity index is 622. The fraction of sp³-hybridized carbons (Fsp3) is 0.684. The molecule has 4 heterocycles. The highest BCUT2D eigenvalue weighted by Gasteiger charge is 2.43. The van der Waals surface area contributed by atoms with Gasteiger partial charge in [0.25, 0.3) is 0 Å². The normalized spacial score (nSPS) is 27.2. The topological polar surface area (TPSA) is 54.9 Å². The van der Waals surface area contributed by atoms with Gasteiger partial charge in [0.05, 0.1) is 31.0 Å². The van der Waals surface area contributed by atoms with Crippen molar-refractivity contribution in [1.29, 1.82) is 0 Å². The fourth-order valence-electron chi connectivity index (χ4n) is 4.22. The molecule has 0 aliphatic carbocycles. The van der Waals surface area contributed by atoms with E-state index < -0.39 is 0 Å². The van der Waals surface area contributed by atoms with Gasteiger partial charge in [-0.1, -0.05) is 6.07 Å². The monoisotopic (exact) mass is 345 g/mol. The minimum Gasteiger partial charge on any atom is -0.380 e. The maximum atomic E-state index is 12.3. The Morgan fingerprint density at radius 2 is 2.16 bits per heavy atom. The van der Waals surface area contributed by atoms with Crippen molar-refractivity contribution >= 4 is 5.91 Å². The van der Waals surface area contributed by atoms with E-state index in [0.29, 0.717) is 19.1 Å². The average Bonchev–Trinajstić information content (AvgIpc) is 3.14. The largest absolute Gasteiger partial charge is 0.380 e. The Kier molecular flexibility index (Phi) is 4.75. The molecule has 1 spiro atoms. The summed E-state index contributed by atoms with van der Waals surface area (Å²) in [7, 11) is 0. The van der Waals surface area contributed by atoms with E-state index in [1.165, 1.54) is 0 Å². The van der Waals surface area contributed by atoms with E-state index in [1.807, 2.05) is 30.0 Å². The number of hydrogen-bond donors (Lipinski definition) is 0. The molecule has 4 rings (SSSR count). The maximum Gasteiger partial charge on any atom is 0.249 e. The van der Waals surface area contributed by atoms with Crippen molar-refractivity contribution in [3.63, 3.8) is 0 Å². The molecule has 1 aromatic heterocycles. The van der Waals surface area contributed by atoms with Gasteiger partial charge >= 0.3 is 0 Å². The molecule has 0 unspecified atom stereocenters. The number of morpholine rings is 1. The molecule has 3 aliphatic rings. The summed E-state index contributed by atoms with van der Waals surface area (Å²) in [6.07, 6.45) is 3.10. The molecule has 3 fully saturated rings. The molecular weight excluding hydrogens is 318 g/mol. The molecule has 0 bridgehead atoms. The summed E-state index contributed by atoms with van der Waals surface area (Å²) >= 11 is 0. The van der Waals surface area contributed by atoms with Crippen molar-refractivity contribution in [2.45, 2.75) is 44.4 Å². The van der Waals surface area contributed by atoms with E-state index in [2.05, 4.69) is 9.88 Å². The lowest BCUT2D eigenvalue weighted by atomic mass is 9.88. The van der Waals surface area contributed by atoms with Gasteiger partial charge in [-0.05, 0) is 38.3 Å². The first-order valence-electron chi connectivity index (χ1n) is 9.30.